The van der Waals surface area contributed by atoms with Gasteiger partial charge in [-0.2, -0.15) is 13.2 Å². The Kier molecular flexibility index (Phi) is 8.09. The fourth-order valence-corrected chi connectivity index (χ4v) is 5.94. The second-order valence-corrected chi connectivity index (χ2v) is 12.1. The number of hydrogen-bond donors (Lipinski definition) is 1. The van der Waals surface area contributed by atoms with Gasteiger partial charge in [0.1, 0.15) is 0 Å². The van der Waals surface area contributed by atoms with Crippen molar-refractivity contribution in [3.63, 3.8) is 0 Å². The molecule has 0 saturated heterocycles. The normalized spacial score (nSPS) is 21.4. The average molecular weight is 523 g/mol. The van der Waals surface area contributed by atoms with Crippen molar-refractivity contribution in [3.8, 4) is 0 Å². The van der Waals surface area contributed by atoms with Gasteiger partial charge in [-0.05, 0) is 98.9 Å². The van der Waals surface area contributed by atoms with Crippen molar-refractivity contribution in [1.29, 1.82) is 0 Å². The van der Waals surface area contributed by atoms with Crippen molar-refractivity contribution in [2.45, 2.75) is 62.1 Å². The number of halogens is 3. The number of carbonyl (C=O) groups excluding carboxylic acids is 1. The Balaban J connectivity index is 1.22. The van der Waals surface area contributed by atoms with Gasteiger partial charge in [-0.25, -0.2) is 8.42 Å². The van der Waals surface area contributed by atoms with Gasteiger partial charge < -0.3 is 10.2 Å². The van der Waals surface area contributed by atoms with Crippen LogP contribution in [0, 0.1) is 5.92 Å². The van der Waals surface area contributed by atoms with E-state index in [-0.39, 0.29) is 11.6 Å². The summed E-state index contributed by atoms with van der Waals surface area (Å²) in [5, 5.41) is 2.91. The Morgan fingerprint density at radius 2 is 1.69 bits per heavy atom. The summed E-state index contributed by atoms with van der Waals surface area (Å²) >= 11 is 0. The van der Waals surface area contributed by atoms with E-state index in [0.717, 1.165) is 82.3 Å². The van der Waals surface area contributed by atoms with E-state index in [0.29, 0.717) is 10.8 Å². The molecule has 9 heteroatoms. The van der Waals surface area contributed by atoms with Gasteiger partial charge in [-0.1, -0.05) is 12.1 Å². The molecule has 0 bridgehead atoms. The van der Waals surface area contributed by atoms with Gasteiger partial charge in [0.25, 0.3) is 5.91 Å². The highest BCUT2D eigenvalue weighted by molar-refractivity contribution is 7.90. The smallest absolute Gasteiger partial charge is 0.349 e. The van der Waals surface area contributed by atoms with Crippen LogP contribution >= 0.6 is 0 Å². The molecule has 0 aromatic heterocycles. The summed E-state index contributed by atoms with van der Waals surface area (Å²) in [7, 11) is -3.21. The van der Waals surface area contributed by atoms with Crippen molar-refractivity contribution < 1.29 is 26.4 Å². The standard InChI is InChI=1S/C27H33F3N2O3S/c1-36(34,35)25-10-7-20-12-15-32(16-13-21(20)18-25)14-11-19-5-8-24(9-6-19)31-26(33)22-3-2-4-23(17-22)27(28,29)30/h2-4,7,10,17-19,24H,5-6,8-9,11-16H2,1H3,(H,31,33). The zero-order valence-corrected chi connectivity index (χ0v) is 21.3. The van der Waals surface area contributed by atoms with Crippen molar-refractivity contribution in [2.24, 2.45) is 5.92 Å². The molecule has 5 nitrogen and oxygen atoms in total. The van der Waals surface area contributed by atoms with E-state index in [9.17, 15) is 26.4 Å². The van der Waals surface area contributed by atoms with Gasteiger partial charge in [-0.3, -0.25) is 4.79 Å². The highest BCUT2D eigenvalue weighted by Gasteiger charge is 2.31. The number of carbonyl (C=O) groups is 1. The van der Waals surface area contributed by atoms with Crippen LogP contribution in [-0.2, 0) is 28.9 Å². The first-order valence-electron chi connectivity index (χ1n) is 12.5. The third-order valence-corrected chi connectivity index (χ3v) is 8.60. The minimum atomic E-state index is -4.47. The SMILES string of the molecule is CS(=O)(=O)c1ccc2c(c1)CCN(CCC1CCC(NC(=O)c3cccc(C(F)(F)F)c3)CC1)CC2. The van der Waals surface area contributed by atoms with Crippen LogP contribution in [-0.4, -0.2) is 51.2 Å². The summed E-state index contributed by atoms with van der Waals surface area (Å²) in [6.07, 6.45) is 3.22. The third-order valence-electron chi connectivity index (χ3n) is 7.49. The number of hydrogen-bond acceptors (Lipinski definition) is 4. The van der Waals surface area contributed by atoms with E-state index in [2.05, 4.69) is 10.2 Å². The van der Waals surface area contributed by atoms with Gasteiger partial charge in [-0.15, -0.1) is 0 Å². The van der Waals surface area contributed by atoms with Crippen LogP contribution in [0.5, 0.6) is 0 Å². The highest BCUT2D eigenvalue weighted by atomic mass is 32.2. The molecule has 36 heavy (non-hydrogen) atoms. The lowest BCUT2D eigenvalue weighted by Gasteiger charge is -2.30. The number of benzene rings is 2. The Hall–Kier alpha value is -2.39. The fourth-order valence-electron chi connectivity index (χ4n) is 5.27. The first-order chi connectivity index (χ1) is 17.0. The summed E-state index contributed by atoms with van der Waals surface area (Å²) < 4.78 is 62.6. The van der Waals surface area contributed by atoms with E-state index in [1.165, 1.54) is 24.0 Å². The quantitative estimate of drug-likeness (QED) is 0.587. The van der Waals surface area contributed by atoms with Crippen molar-refractivity contribution in [1.82, 2.24) is 10.2 Å². The molecule has 1 aliphatic carbocycles. The largest absolute Gasteiger partial charge is 0.416 e. The van der Waals surface area contributed by atoms with Gasteiger partial charge >= 0.3 is 6.18 Å². The summed E-state index contributed by atoms with van der Waals surface area (Å²) in [6, 6.07) is 10.0. The lowest BCUT2D eigenvalue weighted by atomic mass is 9.84. The minimum Gasteiger partial charge on any atom is -0.349 e. The predicted octanol–water partition coefficient (Wildman–Crippen LogP) is 4.89. The number of nitrogens with zero attached hydrogens (tertiary/aromatic N) is 1. The molecular weight excluding hydrogens is 489 g/mol. The topological polar surface area (TPSA) is 66.5 Å². The number of nitrogens with one attached hydrogen (secondary N) is 1. The lowest BCUT2D eigenvalue weighted by Crippen LogP contribution is -2.38. The van der Waals surface area contributed by atoms with Crippen LogP contribution in [0.2, 0.25) is 0 Å². The second kappa shape index (κ2) is 10.9. The number of rotatable bonds is 6. The zero-order chi connectivity index (χ0) is 25.9. The van der Waals surface area contributed by atoms with Gasteiger partial charge in [0.05, 0.1) is 10.5 Å². The first kappa shape index (κ1) is 26.7. The van der Waals surface area contributed by atoms with E-state index in [4.69, 9.17) is 0 Å². The molecule has 2 aromatic rings. The molecule has 2 aliphatic rings. The fraction of sp³-hybridized carbons (Fsp3) is 0.519. The van der Waals surface area contributed by atoms with Crippen LogP contribution in [0.3, 0.4) is 0 Å². The molecule has 1 heterocycles. The lowest BCUT2D eigenvalue weighted by molar-refractivity contribution is -0.137. The first-order valence-corrected chi connectivity index (χ1v) is 14.4. The van der Waals surface area contributed by atoms with Crippen molar-refractivity contribution in [2.75, 3.05) is 25.9 Å². The molecule has 0 radical (unpaired) electrons. The molecule has 0 spiro atoms. The van der Waals surface area contributed by atoms with E-state index < -0.39 is 27.5 Å². The highest BCUT2D eigenvalue weighted by Crippen LogP contribution is 2.30. The summed E-state index contributed by atoms with van der Waals surface area (Å²) in [5.41, 5.74) is 1.57. The van der Waals surface area contributed by atoms with Gasteiger partial charge in [0.2, 0.25) is 0 Å². The van der Waals surface area contributed by atoms with E-state index >= 15 is 0 Å². The van der Waals surface area contributed by atoms with Crippen LogP contribution in [0.4, 0.5) is 13.2 Å². The van der Waals surface area contributed by atoms with E-state index in [1.54, 1.807) is 6.07 Å². The summed E-state index contributed by atoms with van der Waals surface area (Å²) in [6.45, 7) is 2.84. The number of fused-ring (bicyclic) bond motifs is 1. The molecule has 1 amide bonds. The molecule has 0 atom stereocenters. The molecular formula is C27H33F3N2O3S. The maximum atomic E-state index is 12.9. The van der Waals surface area contributed by atoms with Crippen LogP contribution in [0.25, 0.3) is 0 Å². The molecule has 4 rings (SSSR count). The summed E-state index contributed by atoms with van der Waals surface area (Å²) in [5.74, 6) is 0.113. The van der Waals surface area contributed by atoms with Crippen LogP contribution in [0.1, 0.15) is 59.2 Å². The molecule has 1 saturated carbocycles. The maximum absolute atomic E-state index is 12.9. The number of alkyl halides is 3. The molecule has 2 aromatic carbocycles. The molecule has 0 unspecified atom stereocenters. The van der Waals surface area contributed by atoms with Crippen LogP contribution in [0.15, 0.2) is 47.4 Å². The number of sulfone groups is 1. The monoisotopic (exact) mass is 522 g/mol. The maximum Gasteiger partial charge on any atom is 0.416 e. The third kappa shape index (κ3) is 6.88. The summed E-state index contributed by atoms with van der Waals surface area (Å²) in [4.78, 5) is 15.3. The Morgan fingerprint density at radius 3 is 2.36 bits per heavy atom. The number of amides is 1. The minimum absolute atomic E-state index is 0.0139. The second-order valence-electron chi connectivity index (χ2n) is 10.1. The molecule has 196 valence electrons. The average Bonchev–Trinajstić information content (AvgIpc) is 3.04. The molecule has 1 aliphatic heterocycles. The Bertz CT molecular complexity index is 1190. The Morgan fingerprint density at radius 1 is 1.00 bits per heavy atom. The zero-order valence-electron chi connectivity index (χ0n) is 20.5. The molecule has 1 fully saturated rings. The van der Waals surface area contributed by atoms with Gasteiger partial charge in [0, 0.05) is 31.0 Å². The molecule has 1 N–H and O–H groups in total. The van der Waals surface area contributed by atoms with Gasteiger partial charge in [0.15, 0.2) is 9.84 Å². The predicted molar refractivity (Wildman–Crippen MR) is 133 cm³/mol. The Labute approximate surface area is 211 Å². The van der Waals surface area contributed by atoms with Crippen molar-refractivity contribution >= 4 is 15.7 Å². The van der Waals surface area contributed by atoms with Crippen molar-refractivity contribution in [3.05, 3.63) is 64.7 Å². The van der Waals surface area contributed by atoms with Crippen LogP contribution < -0.4 is 5.32 Å². The van der Waals surface area contributed by atoms with E-state index in [1.807, 2.05) is 12.1 Å².